The maximum atomic E-state index is 12.7. The zero-order valence-electron chi connectivity index (χ0n) is 18.3. The number of rotatable bonds is 6. The molecule has 0 heterocycles. The van der Waals surface area contributed by atoms with Gasteiger partial charge in [-0.15, -0.1) is 0 Å². The van der Waals surface area contributed by atoms with E-state index in [9.17, 15) is 14.9 Å². The fraction of sp³-hybridized carbons (Fsp3) is 0.148. The van der Waals surface area contributed by atoms with Crippen LogP contribution in [0.4, 0.5) is 5.69 Å². The predicted molar refractivity (Wildman–Crippen MR) is 125 cm³/mol. The van der Waals surface area contributed by atoms with Crippen molar-refractivity contribution in [3.8, 4) is 6.07 Å². The van der Waals surface area contributed by atoms with E-state index in [-0.39, 0.29) is 5.57 Å². The van der Waals surface area contributed by atoms with Crippen molar-refractivity contribution in [3.05, 3.63) is 106 Å². The molecule has 160 valence electrons. The first kappa shape index (κ1) is 22.5. The average Bonchev–Trinajstić information content (AvgIpc) is 2.77. The van der Waals surface area contributed by atoms with Gasteiger partial charge in [-0.2, -0.15) is 5.26 Å². The number of carbonyl (C=O) groups excluding carboxylic acids is 2. The first-order valence-electron chi connectivity index (χ1n) is 10.2. The van der Waals surface area contributed by atoms with Gasteiger partial charge >= 0.3 is 5.97 Å². The minimum absolute atomic E-state index is 0.00471. The summed E-state index contributed by atoms with van der Waals surface area (Å²) in [6, 6.07) is 22.4. The van der Waals surface area contributed by atoms with Crippen LogP contribution in [0.25, 0.3) is 6.08 Å². The van der Waals surface area contributed by atoms with E-state index in [4.69, 9.17) is 0 Å². The summed E-state index contributed by atoms with van der Waals surface area (Å²) in [5.74, 6) is -0.972. The molecule has 3 rings (SSSR count). The van der Waals surface area contributed by atoms with E-state index in [1.54, 1.807) is 30.3 Å². The van der Waals surface area contributed by atoms with Crippen LogP contribution in [0.1, 0.15) is 38.2 Å². The SMILES string of the molecule is COC(=O)c1ccc(NC(=O)/C(C#N)=C/c2ccccc2Cc2cc(C)cc(C)c2)cc1. The first-order chi connectivity index (χ1) is 15.4. The highest BCUT2D eigenvalue weighted by Gasteiger charge is 2.12. The number of ether oxygens (including phenoxy) is 1. The van der Waals surface area contributed by atoms with E-state index in [0.717, 1.165) is 11.1 Å². The van der Waals surface area contributed by atoms with Gasteiger partial charge in [0.15, 0.2) is 0 Å². The standard InChI is InChI=1S/C27H24N2O3/c1-18-12-19(2)14-20(13-18)15-22-6-4-5-7-23(22)16-24(17-28)26(30)29-25-10-8-21(9-11-25)27(31)32-3/h4-14,16H,15H2,1-3H3,(H,29,30)/b24-16+. The van der Waals surface area contributed by atoms with Crippen LogP contribution in [0, 0.1) is 25.2 Å². The van der Waals surface area contributed by atoms with Crippen molar-refractivity contribution in [1.29, 1.82) is 5.26 Å². The Bertz CT molecular complexity index is 1200. The van der Waals surface area contributed by atoms with E-state index in [2.05, 4.69) is 42.1 Å². The Morgan fingerprint density at radius 3 is 2.28 bits per heavy atom. The summed E-state index contributed by atoms with van der Waals surface area (Å²) in [5.41, 5.74) is 6.27. The molecule has 0 fully saturated rings. The van der Waals surface area contributed by atoms with Crippen molar-refractivity contribution in [2.24, 2.45) is 0 Å². The molecular formula is C27H24N2O3. The number of hydrogen-bond acceptors (Lipinski definition) is 4. The number of esters is 1. The zero-order chi connectivity index (χ0) is 23.1. The molecule has 3 aromatic carbocycles. The Kier molecular flexibility index (Phi) is 7.20. The summed E-state index contributed by atoms with van der Waals surface area (Å²) in [6.45, 7) is 4.14. The number of anilines is 1. The monoisotopic (exact) mass is 424 g/mol. The van der Waals surface area contributed by atoms with Gasteiger partial charge < -0.3 is 10.1 Å². The number of amides is 1. The molecule has 32 heavy (non-hydrogen) atoms. The van der Waals surface area contributed by atoms with E-state index >= 15 is 0 Å². The van der Waals surface area contributed by atoms with Crippen LogP contribution in [-0.4, -0.2) is 19.0 Å². The van der Waals surface area contributed by atoms with Gasteiger partial charge in [0.2, 0.25) is 0 Å². The van der Waals surface area contributed by atoms with Crippen LogP contribution in [0.5, 0.6) is 0 Å². The molecule has 0 bridgehead atoms. The molecule has 0 aliphatic rings. The number of benzene rings is 3. The van der Waals surface area contributed by atoms with Gasteiger partial charge in [-0.05, 0) is 67.3 Å². The molecule has 3 aromatic rings. The second kappa shape index (κ2) is 10.2. The van der Waals surface area contributed by atoms with Crippen molar-refractivity contribution in [1.82, 2.24) is 0 Å². The second-order valence-electron chi connectivity index (χ2n) is 7.56. The Labute approximate surface area is 188 Å². The molecule has 0 aliphatic heterocycles. The Morgan fingerprint density at radius 2 is 1.66 bits per heavy atom. The fourth-order valence-corrected chi connectivity index (χ4v) is 3.54. The number of aryl methyl sites for hydroxylation is 2. The Hall–Kier alpha value is -4.17. The third-order valence-corrected chi connectivity index (χ3v) is 4.96. The zero-order valence-corrected chi connectivity index (χ0v) is 18.3. The van der Waals surface area contributed by atoms with Crippen LogP contribution in [-0.2, 0) is 16.0 Å². The minimum atomic E-state index is -0.514. The number of hydrogen-bond donors (Lipinski definition) is 1. The molecule has 0 spiro atoms. The average molecular weight is 425 g/mol. The van der Waals surface area contributed by atoms with Gasteiger partial charge in [0.1, 0.15) is 11.6 Å². The van der Waals surface area contributed by atoms with Crippen LogP contribution in [0.3, 0.4) is 0 Å². The molecule has 1 N–H and O–H groups in total. The molecule has 5 nitrogen and oxygen atoms in total. The highest BCUT2D eigenvalue weighted by molar-refractivity contribution is 6.09. The van der Waals surface area contributed by atoms with Gasteiger partial charge in [0, 0.05) is 5.69 Å². The molecular weight excluding hydrogens is 400 g/mol. The van der Waals surface area contributed by atoms with Gasteiger partial charge in [-0.25, -0.2) is 4.79 Å². The third-order valence-electron chi connectivity index (χ3n) is 4.96. The Morgan fingerprint density at radius 1 is 1.00 bits per heavy atom. The molecule has 1 amide bonds. The molecule has 0 radical (unpaired) electrons. The van der Waals surface area contributed by atoms with Crippen LogP contribution in [0.15, 0.2) is 72.3 Å². The summed E-state index contributed by atoms with van der Waals surface area (Å²) in [6.07, 6.45) is 2.31. The molecule has 0 aromatic heterocycles. The van der Waals surface area contributed by atoms with Crippen LogP contribution in [0.2, 0.25) is 0 Å². The lowest BCUT2D eigenvalue weighted by molar-refractivity contribution is -0.112. The van der Waals surface area contributed by atoms with E-state index < -0.39 is 11.9 Å². The van der Waals surface area contributed by atoms with E-state index in [1.165, 1.54) is 23.8 Å². The summed E-state index contributed by atoms with van der Waals surface area (Å²) < 4.78 is 4.67. The number of carbonyl (C=O) groups is 2. The van der Waals surface area contributed by atoms with Gasteiger partial charge in [0.25, 0.3) is 5.91 Å². The summed E-state index contributed by atoms with van der Waals surface area (Å²) >= 11 is 0. The van der Waals surface area contributed by atoms with Crippen molar-refractivity contribution in [2.75, 3.05) is 12.4 Å². The van der Waals surface area contributed by atoms with E-state index in [0.29, 0.717) is 17.7 Å². The maximum absolute atomic E-state index is 12.7. The van der Waals surface area contributed by atoms with Crippen molar-refractivity contribution in [3.63, 3.8) is 0 Å². The summed E-state index contributed by atoms with van der Waals surface area (Å²) in [5, 5.41) is 12.3. The van der Waals surface area contributed by atoms with E-state index in [1.807, 2.05) is 30.3 Å². The molecule has 0 atom stereocenters. The van der Waals surface area contributed by atoms with Gasteiger partial charge in [-0.1, -0.05) is 53.6 Å². The topological polar surface area (TPSA) is 79.2 Å². The minimum Gasteiger partial charge on any atom is -0.465 e. The lowest BCUT2D eigenvalue weighted by Crippen LogP contribution is -2.13. The Balaban J connectivity index is 1.82. The number of nitrogens with zero attached hydrogens (tertiary/aromatic N) is 1. The lowest BCUT2D eigenvalue weighted by Gasteiger charge is -2.10. The second-order valence-corrected chi connectivity index (χ2v) is 7.56. The highest BCUT2D eigenvalue weighted by Crippen LogP contribution is 2.20. The number of nitrogens with one attached hydrogen (secondary N) is 1. The van der Waals surface area contributed by atoms with Crippen molar-refractivity contribution < 1.29 is 14.3 Å². The molecule has 0 unspecified atom stereocenters. The highest BCUT2D eigenvalue weighted by atomic mass is 16.5. The first-order valence-corrected chi connectivity index (χ1v) is 10.2. The lowest BCUT2D eigenvalue weighted by atomic mass is 9.96. The fourth-order valence-electron chi connectivity index (χ4n) is 3.54. The van der Waals surface area contributed by atoms with Crippen LogP contribution >= 0.6 is 0 Å². The normalized spacial score (nSPS) is 10.9. The molecule has 0 aliphatic carbocycles. The van der Waals surface area contributed by atoms with Gasteiger partial charge in [0.05, 0.1) is 12.7 Å². The molecule has 5 heteroatoms. The summed E-state index contributed by atoms with van der Waals surface area (Å²) in [7, 11) is 1.31. The van der Waals surface area contributed by atoms with Crippen molar-refractivity contribution in [2.45, 2.75) is 20.3 Å². The predicted octanol–water partition coefficient (Wildman–Crippen LogP) is 5.23. The van der Waals surface area contributed by atoms with Gasteiger partial charge in [-0.3, -0.25) is 4.79 Å². The summed E-state index contributed by atoms with van der Waals surface area (Å²) in [4.78, 5) is 24.2. The largest absolute Gasteiger partial charge is 0.465 e. The quantitative estimate of drug-likeness (QED) is 0.334. The molecule has 0 saturated carbocycles. The maximum Gasteiger partial charge on any atom is 0.337 e. The molecule has 0 saturated heterocycles. The number of nitriles is 1. The third kappa shape index (κ3) is 5.71. The number of methoxy groups -OCH3 is 1. The van der Waals surface area contributed by atoms with Crippen LogP contribution < -0.4 is 5.32 Å². The smallest absolute Gasteiger partial charge is 0.337 e. The van der Waals surface area contributed by atoms with Crippen molar-refractivity contribution >= 4 is 23.6 Å².